The van der Waals surface area contributed by atoms with Gasteiger partial charge in [-0.1, -0.05) is 53.3 Å². The Morgan fingerprint density at radius 3 is 2.69 bits per heavy atom. The highest BCUT2D eigenvalue weighted by atomic mass is 32.1. The lowest BCUT2D eigenvalue weighted by Gasteiger charge is -2.34. The Bertz CT molecular complexity index is 882. The number of aryl methyl sites for hydroxylation is 1. The van der Waals surface area contributed by atoms with Gasteiger partial charge in [0.1, 0.15) is 0 Å². The van der Waals surface area contributed by atoms with Crippen LogP contribution in [0.4, 0.5) is 9.93 Å². The molecule has 2 aromatic carbocycles. The zero-order valence-electron chi connectivity index (χ0n) is 14.8. The maximum absolute atomic E-state index is 12.5. The van der Waals surface area contributed by atoms with Crippen molar-refractivity contribution in [2.24, 2.45) is 0 Å². The molecule has 0 atom stereocenters. The van der Waals surface area contributed by atoms with Crippen LogP contribution in [0.1, 0.15) is 11.1 Å². The van der Waals surface area contributed by atoms with Gasteiger partial charge in [-0.25, -0.2) is 9.78 Å². The number of anilines is 1. The van der Waals surface area contributed by atoms with Gasteiger partial charge < -0.3 is 4.90 Å². The van der Waals surface area contributed by atoms with Gasteiger partial charge >= 0.3 is 6.03 Å². The number of piperazine rings is 1. The molecule has 1 aliphatic heterocycles. The minimum Gasteiger partial charge on any atom is -0.322 e. The zero-order chi connectivity index (χ0) is 17.9. The van der Waals surface area contributed by atoms with E-state index in [1.807, 2.05) is 29.2 Å². The largest absolute Gasteiger partial charge is 0.323 e. The number of hydrogen-bond donors (Lipinski definition) is 1. The van der Waals surface area contributed by atoms with Crippen LogP contribution in [0.15, 0.2) is 48.5 Å². The van der Waals surface area contributed by atoms with Crippen molar-refractivity contribution in [3.05, 3.63) is 59.7 Å². The van der Waals surface area contributed by atoms with E-state index in [4.69, 9.17) is 0 Å². The van der Waals surface area contributed by atoms with Crippen molar-refractivity contribution in [2.45, 2.75) is 13.5 Å². The molecule has 134 valence electrons. The molecule has 0 aliphatic carbocycles. The number of rotatable bonds is 3. The summed E-state index contributed by atoms with van der Waals surface area (Å²) in [6.45, 7) is 6.32. The second-order valence-electron chi connectivity index (χ2n) is 6.67. The van der Waals surface area contributed by atoms with E-state index in [0.29, 0.717) is 5.13 Å². The molecule has 1 aromatic heterocycles. The summed E-state index contributed by atoms with van der Waals surface area (Å²) in [4.78, 5) is 21.3. The minimum atomic E-state index is -0.0562. The molecule has 2 amide bonds. The first-order valence-corrected chi connectivity index (χ1v) is 9.68. The Hall–Kier alpha value is -2.44. The second-order valence-corrected chi connectivity index (χ2v) is 7.70. The van der Waals surface area contributed by atoms with Crippen molar-refractivity contribution in [1.82, 2.24) is 14.8 Å². The Balaban J connectivity index is 1.31. The van der Waals surface area contributed by atoms with Crippen LogP contribution in [0.3, 0.4) is 0 Å². The molecule has 1 saturated heterocycles. The summed E-state index contributed by atoms with van der Waals surface area (Å²) in [5, 5.41) is 3.61. The Labute approximate surface area is 157 Å². The lowest BCUT2D eigenvalue weighted by molar-refractivity contribution is 0.143. The number of carbonyl (C=O) groups is 1. The fourth-order valence-corrected chi connectivity index (χ4v) is 4.13. The van der Waals surface area contributed by atoms with Crippen LogP contribution >= 0.6 is 11.3 Å². The van der Waals surface area contributed by atoms with E-state index < -0.39 is 0 Å². The lowest BCUT2D eigenvalue weighted by atomic mass is 10.1. The average molecular weight is 366 g/mol. The smallest absolute Gasteiger partial charge is 0.322 e. The van der Waals surface area contributed by atoms with Gasteiger partial charge in [0.05, 0.1) is 10.2 Å². The maximum atomic E-state index is 12.5. The van der Waals surface area contributed by atoms with Crippen molar-refractivity contribution >= 4 is 32.7 Å². The summed E-state index contributed by atoms with van der Waals surface area (Å²) in [5.41, 5.74) is 3.55. The first-order valence-electron chi connectivity index (χ1n) is 8.87. The molecule has 1 aliphatic rings. The summed E-state index contributed by atoms with van der Waals surface area (Å²) in [6.07, 6.45) is 0. The maximum Gasteiger partial charge on any atom is 0.323 e. The van der Waals surface area contributed by atoms with Gasteiger partial charge in [0, 0.05) is 32.7 Å². The number of nitrogens with one attached hydrogen (secondary N) is 1. The van der Waals surface area contributed by atoms with Crippen molar-refractivity contribution in [3.8, 4) is 0 Å². The number of hydrogen-bond acceptors (Lipinski definition) is 4. The number of fused-ring (bicyclic) bond motifs is 1. The van der Waals surface area contributed by atoms with Crippen molar-refractivity contribution < 1.29 is 4.79 Å². The van der Waals surface area contributed by atoms with Crippen LogP contribution in [0.2, 0.25) is 0 Å². The number of para-hydroxylation sites is 1. The molecule has 5 nitrogen and oxygen atoms in total. The number of carbonyl (C=O) groups excluding carboxylic acids is 1. The third-order valence-electron chi connectivity index (χ3n) is 4.66. The predicted octanol–water partition coefficient (Wildman–Crippen LogP) is 3.95. The SMILES string of the molecule is Cc1cccc(CN2CCN(C(=O)Nc3nc4ccccc4s3)CC2)c1. The Morgan fingerprint density at radius 1 is 1.12 bits per heavy atom. The van der Waals surface area contributed by atoms with Crippen LogP contribution in [0, 0.1) is 6.92 Å². The first kappa shape index (κ1) is 17.0. The van der Waals surface area contributed by atoms with E-state index >= 15 is 0 Å². The van der Waals surface area contributed by atoms with Gasteiger partial charge in [-0.15, -0.1) is 0 Å². The molecular weight excluding hydrogens is 344 g/mol. The molecule has 26 heavy (non-hydrogen) atoms. The van der Waals surface area contributed by atoms with Crippen LogP contribution in [0.5, 0.6) is 0 Å². The van der Waals surface area contributed by atoms with Crippen LogP contribution < -0.4 is 5.32 Å². The molecule has 4 rings (SSSR count). The van der Waals surface area contributed by atoms with Gasteiger partial charge in [-0.2, -0.15) is 0 Å². The minimum absolute atomic E-state index is 0.0562. The Kier molecular flexibility index (Phi) is 4.86. The summed E-state index contributed by atoms with van der Waals surface area (Å²) in [6, 6.07) is 16.5. The molecule has 0 bridgehead atoms. The van der Waals surface area contributed by atoms with Gasteiger partial charge in [0.15, 0.2) is 5.13 Å². The number of aromatic nitrogens is 1. The van der Waals surface area contributed by atoms with Crippen LogP contribution in [-0.2, 0) is 6.54 Å². The number of urea groups is 1. The van der Waals surface area contributed by atoms with Crippen LogP contribution in [0.25, 0.3) is 10.2 Å². The van der Waals surface area contributed by atoms with Gasteiger partial charge in [0.25, 0.3) is 0 Å². The molecule has 0 saturated carbocycles. The quantitative estimate of drug-likeness (QED) is 0.763. The molecule has 6 heteroatoms. The molecular formula is C20H22N4OS. The summed E-state index contributed by atoms with van der Waals surface area (Å²) >= 11 is 1.51. The number of nitrogens with zero attached hydrogens (tertiary/aromatic N) is 3. The molecule has 3 aromatic rings. The molecule has 1 N–H and O–H groups in total. The van der Waals surface area contributed by atoms with Crippen LogP contribution in [-0.4, -0.2) is 47.0 Å². The Morgan fingerprint density at radius 2 is 1.92 bits per heavy atom. The lowest BCUT2D eigenvalue weighted by Crippen LogP contribution is -2.49. The normalized spacial score (nSPS) is 15.3. The highest BCUT2D eigenvalue weighted by molar-refractivity contribution is 7.22. The van der Waals surface area contributed by atoms with Gasteiger partial charge in [0.2, 0.25) is 0 Å². The summed E-state index contributed by atoms with van der Waals surface area (Å²) in [7, 11) is 0. The van der Waals surface area contributed by atoms with E-state index in [1.54, 1.807) is 0 Å². The monoisotopic (exact) mass is 366 g/mol. The molecule has 0 unspecified atom stereocenters. The van der Waals surface area contributed by atoms with Crippen molar-refractivity contribution in [1.29, 1.82) is 0 Å². The highest BCUT2D eigenvalue weighted by Gasteiger charge is 2.22. The summed E-state index contributed by atoms with van der Waals surface area (Å²) in [5.74, 6) is 0. The molecule has 1 fully saturated rings. The average Bonchev–Trinajstić information content (AvgIpc) is 3.04. The van der Waals surface area contributed by atoms with E-state index in [-0.39, 0.29) is 6.03 Å². The summed E-state index contributed by atoms with van der Waals surface area (Å²) < 4.78 is 1.09. The fraction of sp³-hybridized carbons (Fsp3) is 0.300. The molecule has 0 radical (unpaired) electrons. The topological polar surface area (TPSA) is 48.5 Å². The van der Waals surface area contributed by atoms with E-state index in [9.17, 15) is 4.79 Å². The molecule has 0 spiro atoms. The predicted molar refractivity (Wildman–Crippen MR) is 107 cm³/mol. The van der Waals surface area contributed by atoms with E-state index in [2.05, 4.69) is 46.4 Å². The fourth-order valence-electron chi connectivity index (χ4n) is 3.27. The van der Waals surface area contributed by atoms with Crippen molar-refractivity contribution in [2.75, 3.05) is 31.5 Å². The van der Waals surface area contributed by atoms with E-state index in [1.165, 1.54) is 22.5 Å². The van der Waals surface area contributed by atoms with Gasteiger partial charge in [-0.3, -0.25) is 10.2 Å². The van der Waals surface area contributed by atoms with Gasteiger partial charge in [-0.05, 0) is 24.6 Å². The number of amides is 2. The number of benzene rings is 2. The standard InChI is InChI=1S/C20H22N4OS/c1-15-5-4-6-16(13-15)14-23-9-11-24(12-10-23)20(25)22-19-21-17-7-2-3-8-18(17)26-19/h2-8,13H,9-12,14H2,1H3,(H,21,22,25). The van der Waals surface area contributed by atoms with E-state index in [0.717, 1.165) is 42.9 Å². The zero-order valence-corrected chi connectivity index (χ0v) is 15.6. The molecule has 2 heterocycles. The first-order chi connectivity index (χ1) is 12.7. The third kappa shape index (κ3) is 3.86. The second kappa shape index (κ2) is 7.43. The highest BCUT2D eigenvalue weighted by Crippen LogP contribution is 2.25. The number of thiazole rings is 1. The third-order valence-corrected chi connectivity index (χ3v) is 5.61. The van der Waals surface area contributed by atoms with Crippen molar-refractivity contribution in [3.63, 3.8) is 0 Å².